The Kier molecular flexibility index (Phi) is 3.32. The van der Waals surface area contributed by atoms with E-state index in [1.54, 1.807) is 25.3 Å². The number of carbonyl (C=O) groups is 1. The van der Waals surface area contributed by atoms with Crippen LogP contribution in [0.3, 0.4) is 0 Å². The van der Waals surface area contributed by atoms with Crippen LogP contribution < -0.4 is 5.32 Å². The number of rotatable bonds is 4. The quantitative estimate of drug-likeness (QED) is 0.772. The molecule has 94 valence electrons. The van der Waals surface area contributed by atoms with Crippen molar-refractivity contribution >= 4 is 11.7 Å². The van der Waals surface area contributed by atoms with E-state index in [0.29, 0.717) is 12.1 Å². The summed E-state index contributed by atoms with van der Waals surface area (Å²) in [7, 11) is 0. The van der Waals surface area contributed by atoms with Gasteiger partial charge < -0.3 is 10.4 Å². The van der Waals surface area contributed by atoms with Crippen LogP contribution in [0.1, 0.15) is 27.2 Å². The number of carboxylic acid groups (broad SMARTS) is 1. The summed E-state index contributed by atoms with van der Waals surface area (Å²) < 4.78 is 0. The minimum atomic E-state index is -0.907. The molecule has 2 aromatic rings. The van der Waals surface area contributed by atoms with Gasteiger partial charge in [-0.1, -0.05) is 6.07 Å². The van der Waals surface area contributed by atoms with Crippen LogP contribution in [0, 0.1) is 13.8 Å². The van der Waals surface area contributed by atoms with Crippen molar-refractivity contribution in [1.29, 1.82) is 0 Å². The van der Waals surface area contributed by atoms with Gasteiger partial charge in [-0.3, -0.25) is 5.10 Å². The third-order valence-electron chi connectivity index (χ3n) is 2.97. The van der Waals surface area contributed by atoms with Gasteiger partial charge in [0.2, 0.25) is 0 Å². The molecule has 0 aliphatic carbocycles. The van der Waals surface area contributed by atoms with E-state index in [2.05, 4.69) is 15.5 Å². The first-order chi connectivity index (χ1) is 8.59. The number of aryl methyl sites for hydroxylation is 1. The predicted octanol–water partition coefficient (Wildman–Crippen LogP) is 2.34. The van der Waals surface area contributed by atoms with Gasteiger partial charge in [-0.15, -0.1) is 0 Å². The van der Waals surface area contributed by atoms with Crippen molar-refractivity contribution in [3.05, 3.63) is 46.8 Å². The summed E-state index contributed by atoms with van der Waals surface area (Å²) in [4.78, 5) is 11.0. The average Bonchev–Trinajstić information content (AvgIpc) is 2.73. The molecule has 2 rings (SSSR count). The van der Waals surface area contributed by atoms with Gasteiger partial charge in [-0.05, 0) is 31.5 Å². The lowest BCUT2D eigenvalue weighted by Gasteiger charge is -2.11. The number of hydrogen-bond acceptors (Lipinski definition) is 3. The van der Waals surface area contributed by atoms with Crippen LogP contribution >= 0.6 is 0 Å². The minimum absolute atomic E-state index is 0.323. The summed E-state index contributed by atoms with van der Waals surface area (Å²) >= 11 is 0. The van der Waals surface area contributed by atoms with Crippen LogP contribution in [0.4, 0.5) is 5.69 Å². The first-order valence-corrected chi connectivity index (χ1v) is 5.65. The van der Waals surface area contributed by atoms with Crippen molar-refractivity contribution in [3.63, 3.8) is 0 Å². The van der Waals surface area contributed by atoms with Crippen LogP contribution in [0.5, 0.6) is 0 Å². The summed E-state index contributed by atoms with van der Waals surface area (Å²) in [5, 5.41) is 19.1. The summed E-state index contributed by atoms with van der Waals surface area (Å²) in [5.74, 6) is -0.907. The number of nitrogens with one attached hydrogen (secondary N) is 2. The zero-order chi connectivity index (χ0) is 13.1. The van der Waals surface area contributed by atoms with Gasteiger partial charge in [0.05, 0.1) is 11.8 Å². The molecule has 5 nitrogen and oxygen atoms in total. The summed E-state index contributed by atoms with van der Waals surface area (Å²) in [6.07, 6.45) is 1.76. The summed E-state index contributed by atoms with van der Waals surface area (Å²) in [6, 6.07) is 5.21. The van der Waals surface area contributed by atoms with Crippen LogP contribution in [0.25, 0.3) is 0 Å². The maximum atomic E-state index is 11.0. The van der Waals surface area contributed by atoms with E-state index in [9.17, 15) is 4.79 Å². The zero-order valence-corrected chi connectivity index (χ0v) is 10.3. The number of H-pyrrole nitrogens is 1. The second-order valence-electron chi connectivity index (χ2n) is 4.16. The lowest BCUT2D eigenvalue weighted by molar-refractivity contribution is 0.0696. The standard InChI is InChI=1S/C13H15N3O2/c1-8-11(13(17)18)4-3-5-12(8)14-6-10-7-15-16-9(10)2/h3-5,7,14H,6H2,1-2H3,(H,15,16)(H,17,18). The Morgan fingerprint density at radius 2 is 2.22 bits per heavy atom. The van der Waals surface area contributed by atoms with E-state index >= 15 is 0 Å². The lowest BCUT2D eigenvalue weighted by atomic mass is 10.1. The van der Waals surface area contributed by atoms with Crippen molar-refractivity contribution in [1.82, 2.24) is 10.2 Å². The number of aromatic carboxylic acids is 1. The monoisotopic (exact) mass is 245 g/mol. The molecular weight excluding hydrogens is 230 g/mol. The zero-order valence-electron chi connectivity index (χ0n) is 10.3. The molecule has 5 heteroatoms. The van der Waals surface area contributed by atoms with Crippen LogP contribution in [-0.2, 0) is 6.54 Å². The summed E-state index contributed by atoms with van der Waals surface area (Å²) in [6.45, 7) is 4.37. The Morgan fingerprint density at radius 1 is 1.44 bits per heavy atom. The highest BCUT2D eigenvalue weighted by Gasteiger charge is 2.10. The van der Waals surface area contributed by atoms with Gasteiger partial charge in [0.15, 0.2) is 0 Å². The van der Waals surface area contributed by atoms with Gasteiger partial charge in [-0.2, -0.15) is 5.10 Å². The normalized spacial score (nSPS) is 10.3. The summed E-state index contributed by atoms with van der Waals surface area (Å²) in [5.41, 5.74) is 3.97. The first kappa shape index (κ1) is 12.2. The van der Waals surface area contributed by atoms with E-state index in [4.69, 9.17) is 5.11 Å². The Bertz CT molecular complexity index is 575. The molecule has 0 amide bonds. The molecule has 0 saturated heterocycles. The third-order valence-corrected chi connectivity index (χ3v) is 2.97. The van der Waals surface area contributed by atoms with E-state index in [1.165, 1.54) is 0 Å². The molecule has 0 unspecified atom stereocenters. The SMILES string of the molecule is Cc1[nH]ncc1CNc1cccc(C(=O)O)c1C. The number of hydrogen-bond donors (Lipinski definition) is 3. The molecule has 1 heterocycles. The highest BCUT2D eigenvalue weighted by atomic mass is 16.4. The molecule has 0 aliphatic heterocycles. The second kappa shape index (κ2) is 4.91. The number of aromatic amines is 1. The molecule has 3 N–H and O–H groups in total. The van der Waals surface area contributed by atoms with E-state index in [-0.39, 0.29) is 0 Å². The van der Waals surface area contributed by atoms with Crippen LogP contribution in [0.15, 0.2) is 24.4 Å². The molecule has 18 heavy (non-hydrogen) atoms. The van der Waals surface area contributed by atoms with Crippen molar-refractivity contribution in [2.75, 3.05) is 5.32 Å². The van der Waals surface area contributed by atoms with Gasteiger partial charge in [0, 0.05) is 23.5 Å². The molecule has 0 fully saturated rings. The molecule has 1 aromatic carbocycles. The van der Waals surface area contributed by atoms with Gasteiger partial charge >= 0.3 is 5.97 Å². The Labute approximate surface area is 105 Å². The number of anilines is 1. The van der Waals surface area contributed by atoms with E-state index in [0.717, 1.165) is 22.5 Å². The number of carboxylic acids is 1. The van der Waals surface area contributed by atoms with Gasteiger partial charge in [0.25, 0.3) is 0 Å². The van der Waals surface area contributed by atoms with Crippen molar-refractivity contribution in [3.8, 4) is 0 Å². The number of nitrogens with zero attached hydrogens (tertiary/aromatic N) is 1. The second-order valence-corrected chi connectivity index (χ2v) is 4.16. The fraction of sp³-hybridized carbons (Fsp3) is 0.231. The molecular formula is C13H15N3O2. The Hall–Kier alpha value is -2.30. The maximum absolute atomic E-state index is 11.0. The van der Waals surface area contributed by atoms with Crippen molar-refractivity contribution < 1.29 is 9.90 Å². The Morgan fingerprint density at radius 3 is 2.83 bits per heavy atom. The lowest BCUT2D eigenvalue weighted by Crippen LogP contribution is -2.05. The highest BCUT2D eigenvalue weighted by Crippen LogP contribution is 2.20. The molecule has 0 saturated carbocycles. The fourth-order valence-corrected chi connectivity index (χ4v) is 1.80. The highest BCUT2D eigenvalue weighted by molar-refractivity contribution is 5.91. The van der Waals surface area contributed by atoms with Crippen molar-refractivity contribution in [2.24, 2.45) is 0 Å². The Balaban J connectivity index is 2.17. The fourth-order valence-electron chi connectivity index (χ4n) is 1.80. The molecule has 0 spiro atoms. The third kappa shape index (κ3) is 2.34. The maximum Gasteiger partial charge on any atom is 0.336 e. The van der Waals surface area contributed by atoms with Gasteiger partial charge in [0.1, 0.15) is 0 Å². The average molecular weight is 245 g/mol. The molecule has 0 bridgehead atoms. The van der Waals surface area contributed by atoms with E-state index in [1.807, 2.05) is 13.0 Å². The predicted molar refractivity (Wildman–Crippen MR) is 68.8 cm³/mol. The van der Waals surface area contributed by atoms with E-state index < -0.39 is 5.97 Å². The van der Waals surface area contributed by atoms with Crippen molar-refractivity contribution in [2.45, 2.75) is 20.4 Å². The smallest absolute Gasteiger partial charge is 0.336 e. The topological polar surface area (TPSA) is 78.0 Å². The molecule has 0 aliphatic rings. The minimum Gasteiger partial charge on any atom is -0.478 e. The molecule has 1 aromatic heterocycles. The van der Waals surface area contributed by atoms with Crippen LogP contribution in [0.2, 0.25) is 0 Å². The number of benzene rings is 1. The van der Waals surface area contributed by atoms with Gasteiger partial charge in [-0.25, -0.2) is 4.79 Å². The first-order valence-electron chi connectivity index (χ1n) is 5.65. The largest absolute Gasteiger partial charge is 0.478 e. The van der Waals surface area contributed by atoms with Crippen LogP contribution in [-0.4, -0.2) is 21.3 Å². The molecule has 0 radical (unpaired) electrons. The number of aromatic nitrogens is 2. The molecule has 0 atom stereocenters.